The Kier molecular flexibility index (Phi) is 3.33. The van der Waals surface area contributed by atoms with E-state index < -0.39 is 16.3 Å². The van der Waals surface area contributed by atoms with Gasteiger partial charge < -0.3 is 10.8 Å². The maximum absolute atomic E-state index is 11.2. The molecule has 84 valence electrons. The molecule has 15 heavy (non-hydrogen) atoms. The van der Waals surface area contributed by atoms with Gasteiger partial charge in [-0.1, -0.05) is 12.1 Å². The van der Waals surface area contributed by atoms with Crippen LogP contribution in [-0.4, -0.2) is 31.1 Å². The highest BCUT2D eigenvalue weighted by molar-refractivity contribution is 7.88. The van der Waals surface area contributed by atoms with Crippen LogP contribution in [0.25, 0.3) is 0 Å². The minimum atomic E-state index is -3.41. The van der Waals surface area contributed by atoms with Gasteiger partial charge in [-0.2, -0.15) is 4.31 Å². The van der Waals surface area contributed by atoms with Crippen LogP contribution in [0.4, 0.5) is 5.69 Å². The number of aliphatic hydroxyl groups excluding tert-OH is 1. The summed E-state index contributed by atoms with van der Waals surface area (Å²) in [5, 5.41) is 9.72. The van der Waals surface area contributed by atoms with Crippen molar-refractivity contribution in [2.45, 2.75) is 6.23 Å². The molecule has 1 aromatic rings. The first kappa shape index (κ1) is 12.0. The average Bonchev–Trinajstić information content (AvgIpc) is 2.15. The predicted molar refractivity (Wildman–Crippen MR) is 58.4 cm³/mol. The highest BCUT2D eigenvalue weighted by Crippen LogP contribution is 2.19. The van der Waals surface area contributed by atoms with Gasteiger partial charge in [-0.15, -0.1) is 0 Å². The maximum atomic E-state index is 11.2. The van der Waals surface area contributed by atoms with Crippen molar-refractivity contribution < 1.29 is 13.5 Å². The molecule has 1 rings (SSSR count). The summed E-state index contributed by atoms with van der Waals surface area (Å²) < 4.78 is 23.2. The van der Waals surface area contributed by atoms with Crippen molar-refractivity contribution in [3.05, 3.63) is 29.8 Å². The van der Waals surface area contributed by atoms with Gasteiger partial charge in [0.05, 0.1) is 6.26 Å². The molecule has 1 aromatic carbocycles. The number of nitrogens with zero attached hydrogens (tertiary/aromatic N) is 1. The van der Waals surface area contributed by atoms with E-state index in [9.17, 15) is 13.5 Å². The lowest BCUT2D eigenvalue weighted by Crippen LogP contribution is -2.30. The van der Waals surface area contributed by atoms with Crippen molar-refractivity contribution in [2.24, 2.45) is 0 Å². The Balaban J connectivity index is 2.95. The minimum Gasteiger partial charge on any atom is -0.399 e. The van der Waals surface area contributed by atoms with Gasteiger partial charge in [0.2, 0.25) is 10.0 Å². The van der Waals surface area contributed by atoms with Crippen molar-refractivity contribution in [2.75, 3.05) is 19.0 Å². The lowest BCUT2D eigenvalue weighted by molar-refractivity contribution is 0.0787. The zero-order chi connectivity index (χ0) is 11.6. The van der Waals surface area contributed by atoms with Gasteiger partial charge in [0.15, 0.2) is 0 Å². The third-order valence-corrected chi connectivity index (χ3v) is 3.35. The second-order valence-corrected chi connectivity index (χ2v) is 5.36. The topological polar surface area (TPSA) is 83.6 Å². The normalized spacial score (nSPS) is 14.1. The van der Waals surface area contributed by atoms with Crippen LogP contribution in [0.1, 0.15) is 11.8 Å². The summed E-state index contributed by atoms with van der Waals surface area (Å²) in [6, 6.07) is 6.38. The molecule has 0 aliphatic rings. The second-order valence-electron chi connectivity index (χ2n) is 3.32. The molecule has 0 amide bonds. The second kappa shape index (κ2) is 4.18. The van der Waals surface area contributed by atoms with Crippen molar-refractivity contribution in [1.82, 2.24) is 4.31 Å². The van der Waals surface area contributed by atoms with Gasteiger partial charge in [0.1, 0.15) is 6.23 Å². The van der Waals surface area contributed by atoms with E-state index in [1.807, 2.05) is 0 Å². The molecule has 0 radical (unpaired) electrons. The number of hydrogen-bond acceptors (Lipinski definition) is 4. The molecule has 6 heteroatoms. The van der Waals surface area contributed by atoms with Crippen LogP contribution in [0.3, 0.4) is 0 Å². The molecule has 0 aliphatic carbocycles. The number of hydrogen-bond donors (Lipinski definition) is 2. The molecular weight excluding hydrogens is 216 g/mol. The third kappa shape index (κ3) is 2.92. The zero-order valence-corrected chi connectivity index (χ0v) is 9.40. The fourth-order valence-electron chi connectivity index (χ4n) is 1.06. The van der Waals surface area contributed by atoms with Gasteiger partial charge in [-0.05, 0) is 17.7 Å². The number of anilines is 1. The highest BCUT2D eigenvalue weighted by atomic mass is 32.2. The van der Waals surface area contributed by atoms with Gasteiger partial charge in [0, 0.05) is 12.7 Å². The van der Waals surface area contributed by atoms with E-state index in [1.54, 1.807) is 24.3 Å². The van der Waals surface area contributed by atoms with Crippen LogP contribution in [0.2, 0.25) is 0 Å². The predicted octanol–water partition coefficient (Wildman–Crippen LogP) is 0.151. The number of sulfonamides is 1. The van der Waals surface area contributed by atoms with Crippen LogP contribution in [0, 0.1) is 0 Å². The van der Waals surface area contributed by atoms with Crippen molar-refractivity contribution in [3.8, 4) is 0 Å². The smallest absolute Gasteiger partial charge is 0.213 e. The molecule has 0 saturated carbocycles. The van der Waals surface area contributed by atoms with Crippen LogP contribution < -0.4 is 5.73 Å². The van der Waals surface area contributed by atoms with E-state index in [4.69, 9.17) is 5.73 Å². The standard InChI is InChI=1S/C9H14N2O3S/c1-11(15(2,13)14)9(12)7-3-5-8(10)6-4-7/h3-6,9,12H,10H2,1-2H3. The van der Waals surface area contributed by atoms with E-state index in [-0.39, 0.29) is 0 Å². The Labute approximate surface area is 89.2 Å². The molecule has 0 bridgehead atoms. The lowest BCUT2D eigenvalue weighted by atomic mass is 10.2. The summed E-state index contributed by atoms with van der Waals surface area (Å²) in [5.74, 6) is 0. The summed E-state index contributed by atoms with van der Waals surface area (Å²) >= 11 is 0. The summed E-state index contributed by atoms with van der Waals surface area (Å²) in [4.78, 5) is 0. The molecule has 0 saturated heterocycles. The number of benzene rings is 1. The van der Waals surface area contributed by atoms with E-state index in [0.717, 1.165) is 10.6 Å². The summed E-state index contributed by atoms with van der Waals surface area (Å²) in [5.41, 5.74) is 6.52. The molecule has 0 fully saturated rings. The van der Waals surface area contributed by atoms with E-state index in [2.05, 4.69) is 0 Å². The number of nitrogens with two attached hydrogens (primary N) is 1. The molecule has 0 heterocycles. The number of rotatable bonds is 3. The van der Waals surface area contributed by atoms with Gasteiger partial charge in [-0.3, -0.25) is 0 Å². The first-order valence-electron chi connectivity index (χ1n) is 4.29. The van der Waals surface area contributed by atoms with E-state index in [0.29, 0.717) is 11.3 Å². The van der Waals surface area contributed by atoms with Gasteiger partial charge >= 0.3 is 0 Å². The Hall–Kier alpha value is -1.11. The minimum absolute atomic E-state index is 0.483. The summed E-state index contributed by atoms with van der Waals surface area (Å²) in [7, 11) is -2.09. The first-order valence-corrected chi connectivity index (χ1v) is 6.13. The largest absolute Gasteiger partial charge is 0.399 e. The summed E-state index contributed by atoms with van der Waals surface area (Å²) in [6.07, 6.45) is -0.145. The molecular formula is C9H14N2O3S. The maximum Gasteiger partial charge on any atom is 0.213 e. The first-order chi connectivity index (χ1) is 6.82. The third-order valence-electron chi connectivity index (χ3n) is 2.10. The average molecular weight is 230 g/mol. The van der Waals surface area contributed by atoms with Crippen LogP contribution >= 0.6 is 0 Å². The molecule has 1 unspecified atom stereocenters. The lowest BCUT2D eigenvalue weighted by Gasteiger charge is -2.21. The molecule has 1 atom stereocenters. The quantitative estimate of drug-likeness (QED) is 0.572. The van der Waals surface area contributed by atoms with Crippen molar-refractivity contribution in [3.63, 3.8) is 0 Å². The van der Waals surface area contributed by atoms with Crippen LogP contribution in [0.15, 0.2) is 24.3 Å². The van der Waals surface area contributed by atoms with E-state index in [1.165, 1.54) is 7.05 Å². The molecule has 5 nitrogen and oxygen atoms in total. The van der Waals surface area contributed by atoms with Gasteiger partial charge in [0.25, 0.3) is 0 Å². The summed E-state index contributed by atoms with van der Waals surface area (Å²) in [6.45, 7) is 0. The zero-order valence-electron chi connectivity index (χ0n) is 8.58. The van der Waals surface area contributed by atoms with Crippen LogP contribution in [-0.2, 0) is 10.0 Å². The molecule has 0 aliphatic heterocycles. The SMILES string of the molecule is CN(C(O)c1ccc(N)cc1)S(C)(=O)=O. The Morgan fingerprint density at radius 3 is 2.20 bits per heavy atom. The Morgan fingerprint density at radius 2 is 1.80 bits per heavy atom. The molecule has 3 N–H and O–H groups in total. The van der Waals surface area contributed by atoms with Crippen molar-refractivity contribution >= 4 is 15.7 Å². The van der Waals surface area contributed by atoms with Gasteiger partial charge in [-0.25, -0.2) is 8.42 Å². The number of nitrogen functional groups attached to an aromatic ring is 1. The van der Waals surface area contributed by atoms with E-state index >= 15 is 0 Å². The fourth-order valence-corrected chi connectivity index (χ4v) is 1.54. The van der Waals surface area contributed by atoms with Crippen LogP contribution in [0.5, 0.6) is 0 Å². The number of aliphatic hydroxyl groups is 1. The molecule has 0 aromatic heterocycles. The highest BCUT2D eigenvalue weighted by Gasteiger charge is 2.21. The monoisotopic (exact) mass is 230 g/mol. The fraction of sp³-hybridized carbons (Fsp3) is 0.333. The van der Waals surface area contributed by atoms with Crippen molar-refractivity contribution in [1.29, 1.82) is 0 Å². The molecule has 0 spiro atoms. The Morgan fingerprint density at radius 1 is 1.33 bits per heavy atom. The Bertz CT molecular complexity index is 427.